The number of aryl methyl sites for hydroxylation is 1. The molecule has 1 aromatic carbocycles. The molecule has 1 amide bonds. The normalized spacial score (nSPS) is 18.8. The monoisotopic (exact) mass is 332 g/mol. The van der Waals surface area contributed by atoms with Crippen LogP contribution in [0.5, 0.6) is 5.75 Å². The summed E-state index contributed by atoms with van der Waals surface area (Å²) >= 11 is 0. The van der Waals surface area contributed by atoms with Crippen molar-refractivity contribution in [1.82, 2.24) is 20.8 Å². The number of methoxy groups -OCH3 is 1. The van der Waals surface area contributed by atoms with Gasteiger partial charge in [-0.05, 0) is 6.07 Å². The average Bonchev–Trinajstić information content (AvgIpc) is 3.06. The van der Waals surface area contributed by atoms with Gasteiger partial charge >= 0.3 is 0 Å². The first-order valence-corrected chi connectivity index (χ1v) is 7.75. The van der Waals surface area contributed by atoms with Crippen molar-refractivity contribution in [3.63, 3.8) is 0 Å². The second-order valence-corrected chi connectivity index (χ2v) is 5.42. The summed E-state index contributed by atoms with van der Waals surface area (Å²) in [6.07, 6.45) is -0.552. The molecule has 2 heterocycles. The van der Waals surface area contributed by atoms with Gasteiger partial charge in [-0.15, -0.1) is 0 Å². The number of nitrogens with zero attached hydrogens (tertiary/aromatic N) is 2. The fourth-order valence-electron chi connectivity index (χ4n) is 2.59. The average molecular weight is 332 g/mol. The molecule has 8 nitrogen and oxygen atoms in total. The predicted octanol–water partition coefficient (Wildman–Crippen LogP) is 0.581. The molecule has 0 bridgehead atoms. The molecule has 1 aliphatic rings. The van der Waals surface area contributed by atoms with Crippen LogP contribution in [0, 0.1) is 6.92 Å². The highest BCUT2D eigenvalue weighted by molar-refractivity contribution is 5.82. The van der Waals surface area contributed by atoms with E-state index in [9.17, 15) is 4.79 Å². The number of amides is 1. The number of nitrogens with one attached hydrogen (secondary N) is 2. The zero-order chi connectivity index (χ0) is 16.9. The minimum Gasteiger partial charge on any atom is -0.496 e. The van der Waals surface area contributed by atoms with E-state index < -0.39 is 12.1 Å². The van der Waals surface area contributed by atoms with Gasteiger partial charge in [0.25, 0.3) is 5.91 Å². The van der Waals surface area contributed by atoms with Gasteiger partial charge in [-0.2, -0.15) is 4.98 Å². The lowest BCUT2D eigenvalue weighted by Crippen LogP contribution is -2.48. The number of hydrogen-bond donors (Lipinski definition) is 2. The van der Waals surface area contributed by atoms with Gasteiger partial charge in [0.15, 0.2) is 5.82 Å². The molecular weight excluding hydrogens is 312 g/mol. The number of morpholine rings is 1. The number of rotatable bonds is 5. The molecule has 24 heavy (non-hydrogen) atoms. The SMILES string of the molecule is COc1ccccc1[C@@H](NC(=O)[C@@H]1CNCCO1)c1noc(C)n1. The Morgan fingerprint density at radius 2 is 2.29 bits per heavy atom. The van der Waals surface area contributed by atoms with E-state index in [4.69, 9.17) is 14.0 Å². The van der Waals surface area contributed by atoms with E-state index in [-0.39, 0.29) is 5.91 Å². The van der Waals surface area contributed by atoms with Crippen molar-refractivity contribution < 1.29 is 18.8 Å². The third-order valence-corrected chi connectivity index (χ3v) is 3.76. The molecule has 2 aromatic rings. The molecule has 0 unspecified atom stereocenters. The Kier molecular flexibility index (Phi) is 5.07. The van der Waals surface area contributed by atoms with Crippen LogP contribution in [0.2, 0.25) is 0 Å². The lowest BCUT2D eigenvalue weighted by Gasteiger charge is -2.25. The van der Waals surface area contributed by atoms with Gasteiger partial charge in [0.1, 0.15) is 17.9 Å². The number of carbonyl (C=O) groups is 1. The summed E-state index contributed by atoms with van der Waals surface area (Å²) in [6.45, 7) is 3.41. The van der Waals surface area contributed by atoms with Crippen LogP contribution in [-0.2, 0) is 9.53 Å². The van der Waals surface area contributed by atoms with Gasteiger partial charge in [0.05, 0.1) is 13.7 Å². The molecule has 128 valence electrons. The Bertz CT molecular complexity index is 697. The maximum atomic E-state index is 12.6. The van der Waals surface area contributed by atoms with Crippen molar-refractivity contribution in [3.05, 3.63) is 41.5 Å². The van der Waals surface area contributed by atoms with E-state index in [1.54, 1.807) is 14.0 Å². The van der Waals surface area contributed by atoms with E-state index in [0.29, 0.717) is 30.6 Å². The molecular formula is C16H20N4O4. The summed E-state index contributed by atoms with van der Waals surface area (Å²) in [4.78, 5) is 16.8. The Hall–Kier alpha value is -2.45. The maximum Gasteiger partial charge on any atom is 0.251 e. The lowest BCUT2D eigenvalue weighted by atomic mass is 10.0. The van der Waals surface area contributed by atoms with Crippen LogP contribution in [0.4, 0.5) is 0 Å². The number of hydrogen-bond acceptors (Lipinski definition) is 7. The van der Waals surface area contributed by atoms with Gasteiger partial charge in [0, 0.05) is 25.6 Å². The van der Waals surface area contributed by atoms with Crippen molar-refractivity contribution >= 4 is 5.91 Å². The number of para-hydroxylation sites is 1. The van der Waals surface area contributed by atoms with Gasteiger partial charge in [0.2, 0.25) is 5.89 Å². The largest absolute Gasteiger partial charge is 0.496 e. The Balaban J connectivity index is 1.89. The zero-order valence-electron chi connectivity index (χ0n) is 13.6. The molecule has 1 aromatic heterocycles. The Morgan fingerprint density at radius 3 is 2.96 bits per heavy atom. The quantitative estimate of drug-likeness (QED) is 0.826. The molecule has 0 aliphatic carbocycles. The highest BCUT2D eigenvalue weighted by atomic mass is 16.5. The minimum atomic E-state index is -0.586. The van der Waals surface area contributed by atoms with Crippen LogP contribution in [-0.4, -0.2) is 49.0 Å². The maximum absolute atomic E-state index is 12.6. The first-order valence-electron chi connectivity index (χ1n) is 7.75. The standard InChI is InChI=1S/C16H20N4O4/c1-10-18-15(20-24-10)14(11-5-3-4-6-12(11)22-2)19-16(21)13-9-17-7-8-23-13/h3-6,13-14,17H,7-9H2,1-2H3,(H,19,21)/t13-,14+/m0/s1. The number of carbonyl (C=O) groups excluding carboxylic acids is 1. The highest BCUT2D eigenvalue weighted by Gasteiger charge is 2.29. The van der Waals surface area contributed by atoms with Crippen LogP contribution in [0.15, 0.2) is 28.8 Å². The van der Waals surface area contributed by atoms with Crippen LogP contribution < -0.4 is 15.4 Å². The molecule has 0 radical (unpaired) electrons. The fourth-order valence-corrected chi connectivity index (χ4v) is 2.59. The summed E-state index contributed by atoms with van der Waals surface area (Å²) < 4.78 is 16.0. The number of ether oxygens (including phenoxy) is 2. The van der Waals surface area contributed by atoms with E-state index in [1.807, 2.05) is 24.3 Å². The molecule has 2 atom stereocenters. The second-order valence-electron chi connectivity index (χ2n) is 5.42. The van der Waals surface area contributed by atoms with Crippen LogP contribution in [0.1, 0.15) is 23.3 Å². The molecule has 1 saturated heterocycles. The van der Waals surface area contributed by atoms with E-state index >= 15 is 0 Å². The van der Waals surface area contributed by atoms with Crippen molar-refractivity contribution in [2.24, 2.45) is 0 Å². The Morgan fingerprint density at radius 1 is 1.46 bits per heavy atom. The van der Waals surface area contributed by atoms with Gasteiger partial charge in [-0.1, -0.05) is 23.4 Å². The van der Waals surface area contributed by atoms with Gasteiger partial charge in [-0.3, -0.25) is 4.79 Å². The van der Waals surface area contributed by atoms with E-state index in [2.05, 4.69) is 20.8 Å². The molecule has 0 saturated carbocycles. The first-order chi connectivity index (χ1) is 11.7. The smallest absolute Gasteiger partial charge is 0.251 e. The fraction of sp³-hybridized carbons (Fsp3) is 0.438. The summed E-state index contributed by atoms with van der Waals surface area (Å²) in [7, 11) is 1.58. The highest BCUT2D eigenvalue weighted by Crippen LogP contribution is 2.28. The van der Waals surface area contributed by atoms with Crippen LogP contribution >= 0.6 is 0 Å². The second kappa shape index (κ2) is 7.41. The third kappa shape index (κ3) is 3.55. The minimum absolute atomic E-state index is 0.236. The lowest BCUT2D eigenvalue weighted by molar-refractivity contribution is -0.134. The summed E-state index contributed by atoms with van der Waals surface area (Å²) in [6, 6.07) is 6.81. The third-order valence-electron chi connectivity index (χ3n) is 3.76. The molecule has 2 N–H and O–H groups in total. The predicted molar refractivity (Wildman–Crippen MR) is 84.6 cm³/mol. The van der Waals surface area contributed by atoms with Gasteiger partial charge in [-0.25, -0.2) is 0 Å². The molecule has 0 spiro atoms. The van der Waals surface area contributed by atoms with Crippen LogP contribution in [0.25, 0.3) is 0 Å². The van der Waals surface area contributed by atoms with E-state index in [0.717, 1.165) is 12.1 Å². The number of aromatic nitrogens is 2. The molecule has 8 heteroatoms. The van der Waals surface area contributed by atoms with Crippen LogP contribution in [0.3, 0.4) is 0 Å². The molecule has 1 fully saturated rings. The summed E-state index contributed by atoms with van der Waals surface area (Å²) in [5.41, 5.74) is 0.748. The van der Waals surface area contributed by atoms with Crippen molar-refractivity contribution in [1.29, 1.82) is 0 Å². The first kappa shape index (κ1) is 16.4. The topological polar surface area (TPSA) is 98.5 Å². The zero-order valence-corrected chi connectivity index (χ0v) is 13.6. The van der Waals surface area contributed by atoms with E-state index in [1.165, 1.54) is 0 Å². The molecule has 3 rings (SSSR count). The molecule has 1 aliphatic heterocycles. The number of benzene rings is 1. The van der Waals surface area contributed by atoms with Crippen molar-refractivity contribution in [3.8, 4) is 5.75 Å². The van der Waals surface area contributed by atoms with Crippen molar-refractivity contribution in [2.75, 3.05) is 26.8 Å². The van der Waals surface area contributed by atoms with Crippen molar-refractivity contribution in [2.45, 2.75) is 19.1 Å². The van der Waals surface area contributed by atoms with Gasteiger partial charge < -0.3 is 24.6 Å². The summed E-state index contributed by atoms with van der Waals surface area (Å²) in [5.74, 6) is 1.19. The Labute approximate surface area is 139 Å². The summed E-state index contributed by atoms with van der Waals surface area (Å²) in [5, 5.41) is 10.0.